The van der Waals surface area contributed by atoms with E-state index in [0.29, 0.717) is 12.8 Å². The minimum atomic E-state index is -0.700. The van der Waals surface area contributed by atoms with E-state index >= 15 is 0 Å². The van der Waals surface area contributed by atoms with Gasteiger partial charge in [0.1, 0.15) is 0 Å². The van der Waals surface area contributed by atoms with Crippen molar-refractivity contribution >= 4 is 5.97 Å². The van der Waals surface area contributed by atoms with Crippen molar-refractivity contribution in [2.75, 3.05) is 6.61 Å². The van der Waals surface area contributed by atoms with Gasteiger partial charge in [-0.3, -0.25) is 4.79 Å². The fourth-order valence-electron chi connectivity index (χ4n) is 1.85. The molecule has 0 bridgehead atoms. The molecule has 1 saturated heterocycles. The summed E-state index contributed by atoms with van der Waals surface area (Å²) >= 11 is 0. The van der Waals surface area contributed by atoms with Gasteiger partial charge in [-0.2, -0.15) is 0 Å². The normalized spacial score (nSPS) is 26.9. The van der Waals surface area contributed by atoms with Crippen molar-refractivity contribution in [3.05, 3.63) is 0 Å². The molecule has 1 heterocycles. The zero-order valence-corrected chi connectivity index (χ0v) is 9.08. The van der Waals surface area contributed by atoms with Crippen LogP contribution in [0.5, 0.6) is 0 Å². The summed E-state index contributed by atoms with van der Waals surface area (Å²) < 4.78 is 5.56. The first-order valence-corrected chi connectivity index (χ1v) is 5.43. The van der Waals surface area contributed by atoms with Gasteiger partial charge in [0, 0.05) is 6.61 Å². The van der Waals surface area contributed by atoms with Gasteiger partial charge < -0.3 is 9.84 Å². The Morgan fingerprint density at radius 3 is 2.71 bits per heavy atom. The van der Waals surface area contributed by atoms with Crippen LogP contribution in [-0.2, 0) is 9.53 Å². The van der Waals surface area contributed by atoms with Gasteiger partial charge in [0.2, 0.25) is 0 Å². The van der Waals surface area contributed by atoms with Gasteiger partial charge in [0.25, 0.3) is 0 Å². The Hall–Kier alpha value is -0.570. The first-order valence-electron chi connectivity index (χ1n) is 5.43. The molecule has 2 unspecified atom stereocenters. The molecule has 0 aromatic rings. The number of hydrogen-bond acceptors (Lipinski definition) is 2. The van der Waals surface area contributed by atoms with Gasteiger partial charge in [-0.15, -0.1) is 0 Å². The van der Waals surface area contributed by atoms with Crippen molar-refractivity contribution in [3.63, 3.8) is 0 Å². The molecule has 1 aliphatic rings. The number of aliphatic carboxylic acids is 1. The lowest BCUT2D eigenvalue weighted by atomic mass is 9.80. The lowest BCUT2D eigenvalue weighted by Gasteiger charge is -2.30. The molecular formula is C11H20O3. The van der Waals surface area contributed by atoms with Crippen molar-refractivity contribution in [3.8, 4) is 0 Å². The van der Waals surface area contributed by atoms with E-state index in [-0.39, 0.29) is 6.10 Å². The maximum absolute atomic E-state index is 11.1. The van der Waals surface area contributed by atoms with E-state index in [2.05, 4.69) is 0 Å². The number of carboxylic acid groups (broad SMARTS) is 1. The van der Waals surface area contributed by atoms with Crippen LogP contribution in [-0.4, -0.2) is 23.8 Å². The van der Waals surface area contributed by atoms with Crippen LogP contribution >= 0.6 is 0 Å². The molecule has 14 heavy (non-hydrogen) atoms. The molecule has 0 aromatic heterocycles. The molecule has 0 aliphatic carbocycles. The van der Waals surface area contributed by atoms with Gasteiger partial charge >= 0.3 is 5.97 Å². The predicted molar refractivity (Wildman–Crippen MR) is 54.2 cm³/mol. The predicted octanol–water partition coefficient (Wildman–Crippen LogP) is 2.45. The van der Waals surface area contributed by atoms with Crippen molar-refractivity contribution in [1.29, 1.82) is 0 Å². The molecule has 0 radical (unpaired) electrons. The second-order valence-electron chi connectivity index (χ2n) is 4.41. The minimum Gasteiger partial charge on any atom is -0.481 e. The molecule has 0 aromatic carbocycles. The van der Waals surface area contributed by atoms with E-state index in [0.717, 1.165) is 19.4 Å². The summed E-state index contributed by atoms with van der Waals surface area (Å²) in [5.41, 5.74) is -0.609. The zero-order valence-electron chi connectivity index (χ0n) is 9.08. The molecule has 82 valence electrons. The first-order chi connectivity index (χ1) is 6.58. The molecule has 3 heteroatoms. The number of rotatable bonds is 4. The largest absolute Gasteiger partial charge is 0.481 e. The first kappa shape index (κ1) is 11.5. The summed E-state index contributed by atoms with van der Waals surface area (Å²) in [6, 6.07) is 0. The second kappa shape index (κ2) is 4.78. The third kappa shape index (κ3) is 2.71. The summed E-state index contributed by atoms with van der Waals surface area (Å²) in [5.74, 6) is -0.700. The highest BCUT2D eigenvalue weighted by Gasteiger charge is 2.34. The summed E-state index contributed by atoms with van der Waals surface area (Å²) in [6.07, 6.45) is 4.78. The third-order valence-electron chi connectivity index (χ3n) is 3.25. The molecule has 1 fully saturated rings. The number of carbonyl (C=O) groups is 1. The van der Waals surface area contributed by atoms with E-state index in [9.17, 15) is 4.79 Å². The lowest BCUT2D eigenvalue weighted by Crippen LogP contribution is -2.33. The Bertz CT molecular complexity index is 197. The van der Waals surface area contributed by atoms with E-state index in [4.69, 9.17) is 9.84 Å². The Balaban J connectivity index is 2.50. The van der Waals surface area contributed by atoms with Gasteiger partial charge in [0.15, 0.2) is 0 Å². The fraction of sp³-hybridized carbons (Fsp3) is 0.909. The second-order valence-corrected chi connectivity index (χ2v) is 4.41. The highest BCUT2D eigenvalue weighted by Crippen LogP contribution is 2.31. The lowest BCUT2D eigenvalue weighted by molar-refractivity contribution is -0.151. The zero-order chi connectivity index (χ0) is 10.6. The summed E-state index contributed by atoms with van der Waals surface area (Å²) in [4.78, 5) is 11.1. The molecule has 0 spiro atoms. The van der Waals surface area contributed by atoms with Gasteiger partial charge in [-0.1, -0.05) is 6.92 Å². The summed E-state index contributed by atoms with van der Waals surface area (Å²) in [6.45, 7) is 4.54. The number of ether oxygens (including phenoxy) is 1. The average Bonchev–Trinajstić information content (AvgIpc) is 2.19. The Morgan fingerprint density at radius 2 is 2.29 bits per heavy atom. The standard InChI is InChI=1S/C11H20O3/c1-3-11(2,10(12)13)8-9-6-4-5-7-14-9/h9H,3-8H2,1-2H3,(H,12,13). The Kier molecular flexibility index (Phi) is 3.93. The highest BCUT2D eigenvalue weighted by atomic mass is 16.5. The van der Waals surface area contributed by atoms with Crippen LogP contribution in [0.15, 0.2) is 0 Å². The number of hydrogen-bond donors (Lipinski definition) is 1. The third-order valence-corrected chi connectivity index (χ3v) is 3.25. The Morgan fingerprint density at radius 1 is 1.57 bits per heavy atom. The van der Waals surface area contributed by atoms with Crippen molar-refractivity contribution in [2.24, 2.45) is 5.41 Å². The van der Waals surface area contributed by atoms with E-state index in [1.165, 1.54) is 6.42 Å². The topological polar surface area (TPSA) is 46.5 Å². The monoisotopic (exact) mass is 200 g/mol. The Labute approximate surface area is 85.5 Å². The molecule has 0 saturated carbocycles. The van der Waals surface area contributed by atoms with E-state index < -0.39 is 11.4 Å². The molecule has 1 aliphatic heterocycles. The molecule has 1 N–H and O–H groups in total. The van der Waals surface area contributed by atoms with Gasteiger partial charge in [-0.05, 0) is 39.0 Å². The quantitative estimate of drug-likeness (QED) is 0.758. The molecular weight excluding hydrogens is 180 g/mol. The highest BCUT2D eigenvalue weighted by molar-refractivity contribution is 5.74. The maximum Gasteiger partial charge on any atom is 0.309 e. The summed E-state index contributed by atoms with van der Waals surface area (Å²) in [7, 11) is 0. The van der Waals surface area contributed by atoms with E-state index in [1.807, 2.05) is 13.8 Å². The van der Waals surface area contributed by atoms with Crippen LogP contribution in [0, 0.1) is 5.41 Å². The van der Waals surface area contributed by atoms with Crippen molar-refractivity contribution < 1.29 is 14.6 Å². The molecule has 0 amide bonds. The van der Waals surface area contributed by atoms with Crippen LogP contribution < -0.4 is 0 Å². The average molecular weight is 200 g/mol. The maximum atomic E-state index is 11.1. The van der Waals surface area contributed by atoms with Crippen LogP contribution in [0.3, 0.4) is 0 Å². The number of carboxylic acids is 1. The van der Waals surface area contributed by atoms with Crippen LogP contribution in [0.25, 0.3) is 0 Å². The van der Waals surface area contributed by atoms with Crippen LogP contribution in [0.2, 0.25) is 0 Å². The van der Waals surface area contributed by atoms with Crippen LogP contribution in [0.4, 0.5) is 0 Å². The summed E-state index contributed by atoms with van der Waals surface area (Å²) in [5, 5.41) is 9.11. The van der Waals surface area contributed by atoms with Crippen molar-refractivity contribution in [2.45, 2.75) is 52.1 Å². The van der Waals surface area contributed by atoms with Gasteiger partial charge in [-0.25, -0.2) is 0 Å². The van der Waals surface area contributed by atoms with Gasteiger partial charge in [0.05, 0.1) is 11.5 Å². The fourth-order valence-corrected chi connectivity index (χ4v) is 1.85. The SMILES string of the molecule is CCC(C)(CC1CCCCO1)C(=O)O. The molecule has 3 nitrogen and oxygen atoms in total. The van der Waals surface area contributed by atoms with Crippen molar-refractivity contribution in [1.82, 2.24) is 0 Å². The smallest absolute Gasteiger partial charge is 0.309 e. The minimum absolute atomic E-state index is 0.157. The van der Waals surface area contributed by atoms with Crippen LogP contribution in [0.1, 0.15) is 46.0 Å². The molecule has 1 rings (SSSR count). The van der Waals surface area contributed by atoms with E-state index in [1.54, 1.807) is 0 Å². The molecule has 2 atom stereocenters.